The third-order valence-corrected chi connectivity index (χ3v) is 3.50. The van der Waals surface area contributed by atoms with Crippen molar-refractivity contribution in [2.45, 2.75) is 19.3 Å². The topological polar surface area (TPSA) is 65.0 Å². The zero-order chi connectivity index (χ0) is 14.9. The molecule has 1 aromatic rings. The van der Waals surface area contributed by atoms with Crippen molar-refractivity contribution in [2.24, 2.45) is 5.92 Å². The van der Waals surface area contributed by atoms with Gasteiger partial charge in [-0.1, -0.05) is 12.1 Å². The zero-order valence-electron chi connectivity index (χ0n) is 12.1. The smallest absolute Gasteiger partial charge is 0.339 e. The molecule has 1 N–H and O–H groups in total. The molecule has 1 aromatic carbocycles. The largest absolute Gasteiger partial charge is 0.493 e. The van der Waals surface area contributed by atoms with Gasteiger partial charge in [0, 0.05) is 32.8 Å². The molecule has 5 nitrogen and oxygen atoms in total. The summed E-state index contributed by atoms with van der Waals surface area (Å²) in [6, 6.07) is 6.67. The normalized spacial score (nSPS) is 15.8. The average molecular weight is 294 g/mol. The first-order valence-corrected chi connectivity index (χ1v) is 7.38. The van der Waals surface area contributed by atoms with Crippen LogP contribution in [0.5, 0.6) is 5.75 Å². The van der Waals surface area contributed by atoms with Gasteiger partial charge in [-0.2, -0.15) is 0 Å². The van der Waals surface area contributed by atoms with Gasteiger partial charge >= 0.3 is 5.97 Å². The van der Waals surface area contributed by atoms with Crippen LogP contribution in [0.2, 0.25) is 0 Å². The molecule has 0 saturated carbocycles. The van der Waals surface area contributed by atoms with Gasteiger partial charge in [0.1, 0.15) is 11.3 Å². The fourth-order valence-electron chi connectivity index (χ4n) is 2.28. The summed E-state index contributed by atoms with van der Waals surface area (Å²) in [4.78, 5) is 11.0. The maximum atomic E-state index is 11.0. The van der Waals surface area contributed by atoms with E-state index in [1.54, 1.807) is 24.3 Å². The molecule has 0 atom stereocenters. The van der Waals surface area contributed by atoms with Crippen LogP contribution < -0.4 is 4.74 Å². The molecule has 2 rings (SSSR count). The number of rotatable bonds is 8. The Balaban J connectivity index is 1.60. The molecular formula is C16H22O5. The van der Waals surface area contributed by atoms with E-state index in [4.69, 9.17) is 19.3 Å². The van der Waals surface area contributed by atoms with Gasteiger partial charge in [0.05, 0.1) is 6.61 Å². The van der Waals surface area contributed by atoms with E-state index in [2.05, 4.69) is 0 Å². The molecule has 5 heteroatoms. The van der Waals surface area contributed by atoms with E-state index < -0.39 is 5.97 Å². The second-order valence-electron chi connectivity index (χ2n) is 5.13. The first kappa shape index (κ1) is 15.8. The van der Waals surface area contributed by atoms with E-state index in [0.29, 0.717) is 24.9 Å². The first-order valence-electron chi connectivity index (χ1n) is 7.38. The minimum absolute atomic E-state index is 0.195. The summed E-state index contributed by atoms with van der Waals surface area (Å²) >= 11 is 0. The van der Waals surface area contributed by atoms with Crippen molar-refractivity contribution in [3.63, 3.8) is 0 Å². The molecule has 0 unspecified atom stereocenters. The van der Waals surface area contributed by atoms with Gasteiger partial charge in [-0.25, -0.2) is 4.79 Å². The number of para-hydroxylation sites is 1. The minimum atomic E-state index is -0.971. The number of carbonyl (C=O) groups is 1. The number of ether oxygens (including phenoxy) is 3. The Labute approximate surface area is 124 Å². The highest BCUT2D eigenvalue weighted by Crippen LogP contribution is 2.18. The molecule has 0 aliphatic carbocycles. The molecular weight excluding hydrogens is 272 g/mol. The molecule has 0 amide bonds. The summed E-state index contributed by atoms with van der Waals surface area (Å²) in [6.45, 7) is 3.53. The number of carboxylic acids is 1. The third kappa shape index (κ3) is 5.36. The zero-order valence-corrected chi connectivity index (χ0v) is 12.1. The van der Waals surface area contributed by atoms with Crippen LogP contribution in [0.4, 0.5) is 0 Å². The van der Waals surface area contributed by atoms with Crippen LogP contribution in [0.15, 0.2) is 24.3 Å². The molecule has 116 valence electrons. The molecule has 1 heterocycles. The summed E-state index contributed by atoms with van der Waals surface area (Å²) in [5.74, 6) is 0.0446. The number of benzene rings is 1. The van der Waals surface area contributed by atoms with E-state index in [1.807, 2.05) is 0 Å². The van der Waals surface area contributed by atoms with Crippen molar-refractivity contribution in [1.29, 1.82) is 0 Å². The predicted molar refractivity (Wildman–Crippen MR) is 77.9 cm³/mol. The lowest BCUT2D eigenvalue weighted by Gasteiger charge is -2.21. The van der Waals surface area contributed by atoms with Crippen LogP contribution >= 0.6 is 0 Å². The number of hydrogen-bond acceptors (Lipinski definition) is 4. The van der Waals surface area contributed by atoms with Gasteiger partial charge in [0.15, 0.2) is 0 Å². The Morgan fingerprint density at radius 2 is 2.00 bits per heavy atom. The van der Waals surface area contributed by atoms with E-state index in [1.165, 1.54) is 0 Å². The van der Waals surface area contributed by atoms with Crippen molar-refractivity contribution in [3.8, 4) is 5.75 Å². The first-order chi connectivity index (χ1) is 10.3. The van der Waals surface area contributed by atoms with Gasteiger partial charge in [-0.05, 0) is 30.9 Å². The molecule has 0 spiro atoms. The Hall–Kier alpha value is -1.59. The standard InChI is InChI=1S/C16H22O5/c17-16(18)14-4-1-2-5-15(14)21-9-3-8-20-12-13-6-10-19-11-7-13/h1-2,4-5,13H,3,6-12H2,(H,17,18). The van der Waals surface area contributed by atoms with Gasteiger partial charge in [0.25, 0.3) is 0 Å². The fraction of sp³-hybridized carbons (Fsp3) is 0.562. The Kier molecular flexibility index (Phi) is 6.50. The summed E-state index contributed by atoms with van der Waals surface area (Å²) in [7, 11) is 0. The van der Waals surface area contributed by atoms with Crippen LogP contribution in [0.25, 0.3) is 0 Å². The Bertz CT molecular complexity index is 440. The van der Waals surface area contributed by atoms with Crippen LogP contribution in [0.3, 0.4) is 0 Å². The fourth-order valence-corrected chi connectivity index (χ4v) is 2.28. The summed E-state index contributed by atoms with van der Waals surface area (Å²) in [6.07, 6.45) is 2.89. The van der Waals surface area contributed by atoms with Crippen LogP contribution in [-0.2, 0) is 9.47 Å². The van der Waals surface area contributed by atoms with Gasteiger partial charge in [-0.3, -0.25) is 0 Å². The highest BCUT2D eigenvalue weighted by atomic mass is 16.5. The van der Waals surface area contributed by atoms with Crippen LogP contribution in [-0.4, -0.2) is 44.1 Å². The lowest BCUT2D eigenvalue weighted by molar-refractivity contribution is 0.0182. The molecule has 0 bridgehead atoms. The molecule has 1 aliphatic heterocycles. The molecule has 1 fully saturated rings. The lowest BCUT2D eigenvalue weighted by Crippen LogP contribution is -2.20. The minimum Gasteiger partial charge on any atom is -0.493 e. The van der Waals surface area contributed by atoms with E-state index >= 15 is 0 Å². The number of hydrogen-bond donors (Lipinski definition) is 1. The highest BCUT2D eigenvalue weighted by Gasteiger charge is 2.13. The van der Waals surface area contributed by atoms with Crippen molar-refractivity contribution < 1.29 is 24.1 Å². The van der Waals surface area contributed by atoms with Gasteiger partial charge in [0.2, 0.25) is 0 Å². The molecule has 0 aromatic heterocycles. The SMILES string of the molecule is O=C(O)c1ccccc1OCCCOCC1CCOCC1. The third-order valence-electron chi connectivity index (χ3n) is 3.50. The van der Waals surface area contributed by atoms with Crippen molar-refractivity contribution in [2.75, 3.05) is 33.0 Å². The Morgan fingerprint density at radius 3 is 2.76 bits per heavy atom. The maximum absolute atomic E-state index is 11.0. The lowest BCUT2D eigenvalue weighted by atomic mass is 10.0. The summed E-state index contributed by atoms with van der Waals surface area (Å²) in [5, 5.41) is 9.04. The summed E-state index contributed by atoms with van der Waals surface area (Å²) < 4.78 is 16.4. The quantitative estimate of drug-likeness (QED) is 0.747. The van der Waals surface area contributed by atoms with Crippen LogP contribution in [0, 0.1) is 5.92 Å². The Morgan fingerprint density at radius 1 is 1.24 bits per heavy atom. The molecule has 1 aliphatic rings. The van der Waals surface area contributed by atoms with Crippen molar-refractivity contribution in [1.82, 2.24) is 0 Å². The number of aromatic carboxylic acids is 1. The van der Waals surface area contributed by atoms with Gasteiger partial charge in [-0.15, -0.1) is 0 Å². The highest BCUT2D eigenvalue weighted by molar-refractivity contribution is 5.90. The molecule has 1 saturated heterocycles. The number of carboxylic acid groups (broad SMARTS) is 1. The van der Waals surface area contributed by atoms with Crippen LogP contribution in [0.1, 0.15) is 29.6 Å². The van der Waals surface area contributed by atoms with Crippen molar-refractivity contribution >= 4 is 5.97 Å². The van der Waals surface area contributed by atoms with Crippen molar-refractivity contribution in [3.05, 3.63) is 29.8 Å². The molecule has 0 radical (unpaired) electrons. The second kappa shape index (κ2) is 8.64. The van der Waals surface area contributed by atoms with Gasteiger partial charge < -0.3 is 19.3 Å². The van der Waals surface area contributed by atoms with E-state index in [9.17, 15) is 4.79 Å². The molecule has 21 heavy (non-hydrogen) atoms. The predicted octanol–water partition coefficient (Wildman–Crippen LogP) is 2.60. The van der Waals surface area contributed by atoms with E-state index in [0.717, 1.165) is 39.1 Å². The summed E-state index contributed by atoms with van der Waals surface area (Å²) in [5.41, 5.74) is 0.195. The van der Waals surface area contributed by atoms with E-state index in [-0.39, 0.29) is 5.56 Å². The second-order valence-corrected chi connectivity index (χ2v) is 5.13. The monoisotopic (exact) mass is 294 g/mol. The maximum Gasteiger partial charge on any atom is 0.339 e. The average Bonchev–Trinajstić information content (AvgIpc) is 2.52.